The zero-order valence-corrected chi connectivity index (χ0v) is 12.9. The first-order chi connectivity index (χ1) is 10.4. The molecule has 0 saturated carbocycles. The Morgan fingerprint density at radius 2 is 2.14 bits per heavy atom. The molecule has 0 bridgehead atoms. The largest absolute Gasteiger partial charge is 0.496 e. The fraction of sp³-hybridized carbons (Fsp3) is 0.375. The summed E-state index contributed by atoms with van der Waals surface area (Å²) in [5, 5.41) is 12.7. The molecule has 1 heterocycles. The van der Waals surface area contributed by atoms with E-state index in [0.29, 0.717) is 12.2 Å². The second kappa shape index (κ2) is 6.09. The van der Waals surface area contributed by atoms with Crippen LogP contribution in [0.5, 0.6) is 5.75 Å². The summed E-state index contributed by atoms with van der Waals surface area (Å²) in [6, 6.07) is 5.58. The van der Waals surface area contributed by atoms with Gasteiger partial charge in [0.25, 0.3) is 0 Å². The summed E-state index contributed by atoms with van der Waals surface area (Å²) in [5.74, 6) is -0.698. The zero-order chi connectivity index (χ0) is 16.3. The maximum atomic E-state index is 12.2. The fourth-order valence-electron chi connectivity index (χ4n) is 2.35. The van der Waals surface area contributed by atoms with Gasteiger partial charge in [-0.15, -0.1) is 0 Å². The van der Waals surface area contributed by atoms with Gasteiger partial charge in [-0.25, -0.2) is 4.79 Å². The lowest BCUT2D eigenvalue weighted by atomic mass is 9.98. The van der Waals surface area contributed by atoms with Crippen molar-refractivity contribution in [1.82, 2.24) is 10.3 Å². The van der Waals surface area contributed by atoms with Crippen LogP contribution in [0, 0.1) is 0 Å². The number of carboxylic acid groups (broad SMARTS) is 1. The third-order valence-corrected chi connectivity index (χ3v) is 3.91. The van der Waals surface area contributed by atoms with Gasteiger partial charge in [0.1, 0.15) is 11.3 Å². The van der Waals surface area contributed by atoms with Crippen LogP contribution in [-0.2, 0) is 16.0 Å². The Morgan fingerprint density at radius 1 is 1.41 bits per heavy atom. The molecule has 0 saturated heterocycles. The molecule has 0 aliphatic rings. The summed E-state index contributed by atoms with van der Waals surface area (Å²) in [6.07, 6.45) is 2.14. The van der Waals surface area contributed by atoms with Crippen molar-refractivity contribution in [2.24, 2.45) is 0 Å². The monoisotopic (exact) mass is 304 g/mol. The van der Waals surface area contributed by atoms with Gasteiger partial charge in [0.2, 0.25) is 5.91 Å². The predicted octanol–water partition coefficient (Wildman–Crippen LogP) is 2.09. The molecule has 1 aromatic carbocycles. The number of hydrogen-bond donors (Lipinski definition) is 3. The number of ether oxygens (including phenoxy) is 1. The second-order valence-corrected chi connectivity index (χ2v) is 5.41. The van der Waals surface area contributed by atoms with Crippen LogP contribution in [0.1, 0.15) is 25.8 Å². The molecule has 0 aliphatic heterocycles. The number of carbonyl (C=O) groups excluding carboxylic acids is 1. The molecule has 1 amide bonds. The molecule has 22 heavy (non-hydrogen) atoms. The van der Waals surface area contributed by atoms with Crippen LogP contribution in [0.25, 0.3) is 10.9 Å². The van der Waals surface area contributed by atoms with E-state index in [9.17, 15) is 14.7 Å². The number of nitrogens with one attached hydrogen (secondary N) is 2. The summed E-state index contributed by atoms with van der Waals surface area (Å²) < 4.78 is 5.32. The number of fused-ring (bicyclic) bond motifs is 1. The molecular weight excluding hydrogens is 284 g/mol. The van der Waals surface area contributed by atoms with Gasteiger partial charge in [-0.05, 0) is 31.0 Å². The van der Waals surface area contributed by atoms with Crippen LogP contribution < -0.4 is 10.1 Å². The fourth-order valence-corrected chi connectivity index (χ4v) is 2.35. The van der Waals surface area contributed by atoms with E-state index >= 15 is 0 Å². The minimum Gasteiger partial charge on any atom is -0.496 e. The van der Waals surface area contributed by atoms with E-state index in [1.807, 2.05) is 18.2 Å². The highest BCUT2D eigenvalue weighted by Crippen LogP contribution is 2.28. The Bertz CT molecular complexity index is 707. The number of aliphatic carboxylic acids is 1. The van der Waals surface area contributed by atoms with Gasteiger partial charge < -0.3 is 20.1 Å². The highest BCUT2D eigenvalue weighted by atomic mass is 16.5. The molecule has 0 aliphatic carbocycles. The highest BCUT2D eigenvalue weighted by Gasteiger charge is 2.32. The first-order valence-corrected chi connectivity index (χ1v) is 7.08. The average molecular weight is 304 g/mol. The number of carboxylic acids is 1. The van der Waals surface area contributed by atoms with Crippen molar-refractivity contribution in [3.8, 4) is 5.75 Å². The van der Waals surface area contributed by atoms with Crippen molar-refractivity contribution in [2.75, 3.05) is 7.11 Å². The van der Waals surface area contributed by atoms with E-state index < -0.39 is 11.5 Å². The number of aromatic amines is 1. The maximum Gasteiger partial charge on any atom is 0.329 e. The summed E-state index contributed by atoms with van der Waals surface area (Å²) in [4.78, 5) is 26.6. The van der Waals surface area contributed by atoms with E-state index in [0.717, 1.165) is 16.5 Å². The Labute approximate surface area is 128 Å². The molecule has 6 heteroatoms. The number of methoxy groups -OCH3 is 1. The highest BCUT2D eigenvalue weighted by molar-refractivity contribution is 5.94. The zero-order valence-electron chi connectivity index (χ0n) is 12.9. The van der Waals surface area contributed by atoms with Crippen molar-refractivity contribution in [3.63, 3.8) is 0 Å². The van der Waals surface area contributed by atoms with Crippen LogP contribution in [0.2, 0.25) is 0 Å². The lowest BCUT2D eigenvalue weighted by Gasteiger charge is -2.24. The summed E-state index contributed by atoms with van der Waals surface area (Å²) >= 11 is 0. The molecule has 1 aromatic heterocycles. The van der Waals surface area contributed by atoms with E-state index in [-0.39, 0.29) is 12.3 Å². The van der Waals surface area contributed by atoms with Gasteiger partial charge in [-0.1, -0.05) is 13.0 Å². The normalized spacial score (nSPS) is 13.6. The van der Waals surface area contributed by atoms with Gasteiger partial charge in [0, 0.05) is 17.1 Å². The first-order valence-electron chi connectivity index (χ1n) is 7.08. The number of aromatic nitrogens is 1. The quantitative estimate of drug-likeness (QED) is 0.762. The molecule has 2 aromatic rings. The standard InChI is InChI=1S/C16H20N2O4/c1-4-16(2,15(20)21)18-13(19)8-10-9-17-11-6-5-7-12(22-3)14(10)11/h5-7,9,17H,4,8H2,1-3H3,(H,18,19)(H,20,21). The van der Waals surface area contributed by atoms with Crippen molar-refractivity contribution in [2.45, 2.75) is 32.2 Å². The molecule has 6 nitrogen and oxygen atoms in total. The van der Waals surface area contributed by atoms with Crippen LogP contribution in [0.3, 0.4) is 0 Å². The third-order valence-electron chi connectivity index (χ3n) is 3.91. The molecule has 0 fully saturated rings. The molecular formula is C16H20N2O4. The molecule has 1 atom stereocenters. The Kier molecular flexibility index (Phi) is 4.40. The average Bonchev–Trinajstić information content (AvgIpc) is 2.89. The van der Waals surface area contributed by atoms with Crippen molar-refractivity contribution < 1.29 is 19.4 Å². The van der Waals surface area contributed by atoms with E-state index in [1.54, 1.807) is 20.2 Å². The van der Waals surface area contributed by atoms with Gasteiger partial charge in [-0.2, -0.15) is 0 Å². The lowest BCUT2D eigenvalue weighted by Crippen LogP contribution is -2.52. The number of H-pyrrole nitrogens is 1. The van der Waals surface area contributed by atoms with Gasteiger partial charge in [-0.3, -0.25) is 4.79 Å². The number of carbonyl (C=O) groups is 2. The number of amides is 1. The number of hydrogen-bond acceptors (Lipinski definition) is 3. The minimum atomic E-state index is -1.26. The predicted molar refractivity (Wildman–Crippen MR) is 83.0 cm³/mol. The number of rotatable bonds is 6. The number of benzene rings is 1. The Morgan fingerprint density at radius 3 is 2.73 bits per heavy atom. The summed E-state index contributed by atoms with van der Waals surface area (Å²) in [5.41, 5.74) is 0.389. The van der Waals surface area contributed by atoms with Crippen LogP contribution in [0.4, 0.5) is 0 Å². The topological polar surface area (TPSA) is 91.4 Å². The molecule has 3 N–H and O–H groups in total. The second-order valence-electron chi connectivity index (χ2n) is 5.41. The van der Waals surface area contributed by atoms with E-state index in [1.165, 1.54) is 6.92 Å². The smallest absolute Gasteiger partial charge is 0.329 e. The molecule has 0 radical (unpaired) electrons. The van der Waals surface area contributed by atoms with E-state index in [4.69, 9.17) is 4.74 Å². The van der Waals surface area contributed by atoms with Crippen LogP contribution in [0.15, 0.2) is 24.4 Å². The third kappa shape index (κ3) is 2.90. The Balaban J connectivity index is 2.24. The van der Waals surface area contributed by atoms with E-state index in [2.05, 4.69) is 10.3 Å². The SMILES string of the molecule is CCC(C)(NC(=O)Cc1c[nH]c2cccc(OC)c12)C(=O)O. The molecule has 2 rings (SSSR count). The van der Waals surface area contributed by atoms with Crippen molar-refractivity contribution >= 4 is 22.8 Å². The molecule has 118 valence electrons. The van der Waals surface area contributed by atoms with Gasteiger partial charge >= 0.3 is 5.97 Å². The van der Waals surface area contributed by atoms with Crippen molar-refractivity contribution in [1.29, 1.82) is 0 Å². The minimum absolute atomic E-state index is 0.0866. The maximum absolute atomic E-state index is 12.2. The van der Waals surface area contributed by atoms with Crippen molar-refractivity contribution in [3.05, 3.63) is 30.0 Å². The van der Waals surface area contributed by atoms with Crippen LogP contribution in [-0.4, -0.2) is 34.6 Å². The van der Waals surface area contributed by atoms with Gasteiger partial charge in [0.05, 0.1) is 13.5 Å². The molecule has 0 spiro atoms. The summed E-state index contributed by atoms with van der Waals surface area (Å²) in [6.45, 7) is 3.23. The summed E-state index contributed by atoms with van der Waals surface area (Å²) in [7, 11) is 1.57. The lowest BCUT2D eigenvalue weighted by molar-refractivity contribution is -0.146. The molecule has 1 unspecified atom stereocenters. The Hall–Kier alpha value is -2.50. The van der Waals surface area contributed by atoms with Crippen LogP contribution >= 0.6 is 0 Å². The van der Waals surface area contributed by atoms with Gasteiger partial charge in [0.15, 0.2) is 0 Å². The first kappa shape index (κ1) is 15.9.